The molecule has 21 heavy (non-hydrogen) atoms. The number of carboxylic acids is 1. The predicted molar refractivity (Wildman–Crippen MR) is 75.6 cm³/mol. The summed E-state index contributed by atoms with van der Waals surface area (Å²) < 4.78 is 5.47. The first-order valence-electron chi connectivity index (χ1n) is 7.52. The number of amides is 1. The van der Waals surface area contributed by atoms with Crippen LogP contribution in [0.1, 0.15) is 25.7 Å². The Bertz CT molecular complexity index is 401. The molecule has 1 fully saturated rings. The summed E-state index contributed by atoms with van der Waals surface area (Å²) in [5.41, 5.74) is 0. The van der Waals surface area contributed by atoms with Gasteiger partial charge in [-0.25, -0.2) is 0 Å². The molecule has 1 aliphatic heterocycles. The maximum absolute atomic E-state index is 12.5. The standard InChI is InChI=1S/C15H23NO5/c17-9-10-21-11-5-7-16(8-6-11)14(18)12-3-1-2-4-13(12)15(19)20/h1-2,11-13,17H,3-10H2,(H,19,20)/t12-,13+/m1/s1. The molecule has 2 aliphatic rings. The number of ether oxygens (including phenoxy) is 1. The van der Waals surface area contributed by atoms with Crippen molar-refractivity contribution in [3.05, 3.63) is 12.2 Å². The highest BCUT2D eigenvalue weighted by molar-refractivity contribution is 5.85. The number of nitrogens with zero attached hydrogens (tertiary/aromatic N) is 1. The van der Waals surface area contributed by atoms with Crippen molar-refractivity contribution in [2.24, 2.45) is 11.8 Å². The van der Waals surface area contributed by atoms with Crippen LogP contribution in [0.3, 0.4) is 0 Å². The molecule has 0 bridgehead atoms. The lowest BCUT2D eigenvalue weighted by Crippen LogP contribution is -2.46. The Morgan fingerprint density at radius 1 is 1.14 bits per heavy atom. The number of allylic oxidation sites excluding steroid dienone is 2. The van der Waals surface area contributed by atoms with Gasteiger partial charge in [-0.2, -0.15) is 0 Å². The van der Waals surface area contributed by atoms with E-state index in [0.717, 1.165) is 12.8 Å². The van der Waals surface area contributed by atoms with E-state index in [4.69, 9.17) is 9.84 Å². The molecule has 6 nitrogen and oxygen atoms in total. The molecule has 0 aromatic heterocycles. The normalized spacial score (nSPS) is 26.8. The van der Waals surface area contributed by atoms with Crippen LogP contribution in [-0.4, -0.2) is 59.4 Å². The number of carbonyl (C=O) groups excluding carboxylic acids is 1. The van der Waals surface area contributed by atoms with Crippen molar-refractivity contribution in [1.29, 1.82) is 0 Å². The molecule has 2 N–H and O–H groups in total. The van der Waals surface area contributed by atoms with Crippen LogP contribution in [-0.2, 0) is 14.3 Å². The number of rotatable bonds is 5. The van der Waals surface area contributed by atoms with Crippen molar-refractivity contribution in [2.45, 2.75) is 31.8 Å². The fraction of sp³-hybridized carbons (Fsp3) is 0.733. The second-order valence-electron chi connectivity index (χ2n) is 5.61. The van der Waals surface area contributed by atoms with Crippen molar-refractivity contribution < 1.29 is 24.5 Å². The Morgan fingerprint density at radius 3 is 2.33 bits per heavy atom. The van der Waals surface area contributed by atoms with Crippen LogP contribution in [0.25, 0.3) is 0 Å². The van der Waals surface area contributed by atoms with Crippen molar-refractivity contribution >= 4 is 11.9 Å². The molecule has 1 amide bonds. The van der Waals surface area contributed by atoms with Crippen LogP contribution in [0.2, 0.25) is 0 Å². The fourth-order valence-electron chi connectivity index (χ4n) is 3.06. The molecule has 0 radical (unpaired) electrons. The van der Waals surface area contributed by atoms with Gasteiger partial charge in [0.15, 0.2) is 0 Å². The van der Waals surface area contributed by atoms with Crippen LogP contribution >= 0.6 is 0 Å². The number of hydrogen-bond donors (Lipinski definition) is 2. The van der Waals surface area contributed by atoms with Crippen molar-refractivity contribution in [3.8, 4) is 0 Å². The molecule has 1 heterocycles. The summed E-state index contributed by atoms with van der Waals surface area (Å²) >= 11 is 0. The number of likely N-dealkylation sites (tertiary alicyclic amines) is 1. The number of aliphatic hydroxyl groups is 1. The van der Waals surface area contributed by atoms with E-state index >= 15 is 0 Å². The topological polar surface area (TPSA) is 87.1 Å². The minimum Gasteiger partial charge on any atom is -0.481 e. The molecule has 118 valence electrons. The molecule has 0 aromatic carbocycles. The van der Waals surface area contributed by atoms with Gasteiger partial charge < -0.3 is 19.8 Å². The number of aliphatic hydroxyl groups excluding tert-OH is 1. The van der Waals surface area contributed by atoms with Gasteiger partial charge in [-0.1, -0.05) is 12.2 Å². The van der Waals surface area contributed by atoms with Gasteiger partial charge in [0.25, 0.3) is 0 Å². The maximum Gasteiger partial charge on any atom is 0.307 e. The first kappa shape index (κ1) is 16.0. The molecule has 1 saturated heterocycles. The zero-order chi connectivity index (χ0) is 15.2. The van der Waals surface area contributed by atoms with Crippen molar-refractivity contribution in [2.75, 3.05) is 26.3 Å². The lowest BCUT2D eigenvalue weighted by Gasteiger charge is -2.35. The Morgan fingerprint density at radius 2 is 1.76 bits per heavy atom. The first-order chi connectivity index (χ1) is 10.1. The number of carbonyl (C=O) groups is 2. The van der Waals surface area contributed by atoms with Gasteiger partial charge in [0.1, 0.15) is 0 Å². The van der Waals surface area contributed by atoms with Gasteiger partial charge in [-0.3, -0.25) is 9.59 Å². The zero-order valence-electron chi connectivity index (χ0n) is 12.1. The second-order valence-corrected chi connectivity index (χ2v) is 5.61. The van der Waals surface area contributed by atoms with E-state index in [1.807, 2.05) is 12.2 Å². The van der Waals surface area contributed by atoms with Crippen molar-refractivity contribution in [3.63, 3.8) is 0 Å². The molecule has 2 rings (SSSR count). The Labute approximate surface area is 124 Å². The van der Waals surface area contributed by atoms with Crippen LogP contribution in [0.15, 0.2) is 12.2 Å². The Hall–Kier alpha value is -1.40. The van der Waals surface area contributed by atoms with Crippen LogP contribution in [0.5, 0.6) is 0 Å². The van der Waals surface area contributed by atoms with E-state index in [2.05, 4.69) is 0 Å². The second kappa shape index (κ2) is 7.56. The highest BCUT2D eigenvalue weighted by Crippen LogP contribution is 2.29. The summed E-state index contributed by atoms with van der Waals surface area (Å²) in [7, 11) is 0. The SMILES string of the molecule is O=C(O)[C@H]1CC=CC[C@H]1C(=O)N1CCC(OCCO)CC1. The third-order valence-corrected chi connectivity index (χ3v) is 4.27. The number of piperidine rings is 1. The molecular formula is C15H23NO5. The van der Waals surface area contributed by atoms with Gasteiger partial charge in [0.2, 0.25) is 5.91 Å². The fourth-order valence-corrected chi connectivity index (χ4v) is 3.06. The largest absolute Gasteiger partial charge is 0.481 e. The Balaban J connectivity index is 1.89. The van der Waals surface area contributed by atoms with Gasteiger partial charge >= 0.3 is 5.97 Å². The van der Waals surface area contributed by atoms with Gasteiger partial charge in [-0.05, 0) is 25.7 Å². The monoisotopic (exact) mass is 297 g/mol. The molecule has 1 aliphatic carbocycles. The summed E-state index contributed by atoms with van der Waals surface area (Å²) in [6.07, 6.45) is 6.26. The minimum absolute atomic E-state index is 0.00778. The van der Waals surface area contributed by atoms with E-state index in [-0.39, 0.29) is 18.6 Å². The van der Waals surface area contributed by atoms with E-state index in [0.29, 0.717) is 32.5 Å². The lowest BCUT2D eigenvalue weighted by molar-refractivity contribution is -0.151. The highest BCUT2D eigenvalue weighted by atomic mass is 16.5. The third kappa shape index (κ3) is 4.04. The van der Waals surface area contributed by atoms with Crippen molar-refractivity contribution in [1.82, 2.24) is 4.90 Å². The van der Waals surface area contributed by atoms with Crippen LogP contribution in [0, 0.1) is 11.8 Å². The van der Waals surface area contributed by atoms with Crippen LogP contribution < -0.4 is 0 Å². The summed E-state index contributed by atoms with van der Waals surface area (Å²) in [6.45, 7) is 1.53. The highest BCUT2D eigenvalue weighted by Gasteiger charge is 2.37. The quantitative estimate of drug-likeness (QED) is 0.728. The smallest absolute Gasteiger partial charge is 0.307 e. The lowest BCUT2D eigenvalue weighted by atomic mass is 9.82. The average molecular weight is 297 g/mol. The molecule has 0 unspecified atom stereocenters. The summed E-state index contributed by atoms with van der Waals surface area (Å²) in [6, 6.07) is 0. The minimum atomic E-state index is -0.890. The molecule has 0 aromatic rings. The number of hydrogen-bond acceptors (Lipinski definition) is 4. The molecular weight excluding hydrogens is 274 g/mol. The maximum atomic E-state index is 12.5. The molecule has 0 saturated carbocycles. The molecule has 6 heteroatoms. The van der Waals surface area contributed by atoms with E-state index < -0.39 is 17.8 Å². The number of aliphatic carboxylic acids is 1. The summed E-state index contributed by atoms with van der Waals surface area (Å²) in [4.78, 5) is 25.6. The van der Waals surface area contributed by atoms with Gasteiger partial charge in [0, 0.05) is 13.1 Å². The average Bonchev–Trinajstić information content (AvgIpc) is 2.52. The summed E-state index contributed by atoms with van der Waals surface area (Å²) in [5.74, 6) is -1.99. The van der Waals surface area contributed by atoms with Gasteiger partial charge in [-0.15, -0.1) is 0 Å². The predicted octanol–water partition coefficient (Wildman–Crippen LogP) is 0.653. The van der Waals surface area contributed by atoms with E-state index in [9.17, 15) is 14.7 Å². The Kier molecular flexibility index (Phi) is 5.76. The molecule has 2 atom stereocenters. The van der Waals surface area contributed by atoms with E-state index in [1.54, 1.807) is 4.90 Å². The van der Waals surface area contributed by atoms with Gasteiger partial charge in [0.05, 0.1) is 31.2 Å². The molecule has 0 spiro atoms. The zero-order valence-corrected chi connectivity index (χ0v) is 12.1. The van der Waals surface area contributed by atoms with Crippen LogP contribution in [0.4, 0.5) is 0 Å². The summed E-state index contributed by atoms with van der Waals surface area (Å²) in [5, 5.41) is 18.0. The number of carboxylic acid groups (broad SMARTS) is 1. The van der Waals surface area contributed by atoms with E-state index in [1.165, 1.54) is 0 Å². The third-order valence-electron chi connectivity index (χ3n) is 4.27. The first-order valence-corrected chi connectivity index (χ1v) is 7.52.